The number of esters is 3. The topological polar surface area (TPSA) is 278 Å². The van der Waals surface area contributed by atoms with E-state index in [1.165, 1.54) is 13.1 Å². The lowest BCUT2D eigenvalue weighted by molar-refractivity contribution is -0.253. The molecule has 1 aliphatic heterocycles. The van der Waals surface area contributed by atoms with E-state index in [4.69, 9.17) is 29.6 Å². The number of carbonyl (C=O) groups excluding carboxylic acids is 4. The van der Waals surface area contributed by atoms with Crippen LogP contribution in [0.5, 0.6) is 0 Å². The van der Waals surface area contributed by atoms with Crippen LogP contribution in [-0.4, -0.2) is 87.2 Å². The first-order valence-electron chi connectivity index (χ1n) is 25.6. The number of aromatic nitrogens is 2. The molecular weight excluding hydrogens is 905 g/mol. The molecule has 2 heterocycles. The van der Waals surface area contributed by atoms with E-state index in [0.29, 0.717) is 42.1 Å². The number of carboxylic acid groups (broad SMARTS) is 1. The summed E-state index contributed by atoms with van der Waals surface area (Å²) in [6.45, 7) is 18.0. The van der Waals surface area contributed by atoms with Gasteiger partial charge in [0.15, 0.2) is 0 Å². The molecule has 1 aromatic rings. The van der Waals surface area contributed by atoms with Gasteiger partial charge in [-0.1, -0.05) is 53.6 Å². The summed E-state index contributed by atoms with van der Waals surface area (Å²) in [6, 6.07) is -1.04. The number of aliphatic carboxylic acids is 1. The average Bonchev–Trinajstić information content (AvgIpc) is 3.89. The highest BCUT2D eigenvalue weighted by molar-refractivity contribution is 5.84. The molecule has 1 aromatic heterocycles. The summed E-state index contributed by atoms with van der Waals surface area (Å²) in [6.07, 6.45) is 6.89. The molecule has 6 fully saturated rings. The van der Waals surface area contributed by atoms with E-state index in [-0.39, 0.29) is 83.2 Å². The fourth-order valence-electron chi connectivity index (χ4n) is 15.7. The smallest absolute Gasteiger partial charge is 0.330 e. The van der Waals surface area contributed by atoms with Crippen molar-refractivity contribution in [3.63, 3.8) is 0 Å². The number of aliphatic hydroxyl groups is 1. The zero-order chi connectivity index (χ0) is 51.1. The van der Waals surface area contributed by atoms with Crippen LogP contribution in [0.3, 0.4) is 0 Å². The van der Waals surface area contributed by atoms with Crippen molar-refractivity contribution in [1.29, 1.82) is 0 Å². The fraction of sp³-hybridized carbons (Fsp3) is 0.824. The number of nitrogens with zero attached hydrogens (tertiary/aromatic N) is 4. The van der Waals surface area contributed by atoms with Crippen molar-refractivity contribution in [3.05, 3.63) is 43.0 Å². The summed E-state index contributed by atoms with van der Waals surface area (Å²) < 4.78 is 24.2. The van der Waals surface area contributed by atoms with E-state index >= 15 is 0 Å². The van der Waals surface area contributed by atoms with E-state index < -0.39 is 66.3 Å². The predicted molar refractivity (Wildman–Crippen MR) is 253 cm³/mol. The second-order valence-electron chi connectivity index (χ2n) is 23.4. The number of fused-ring (bicyclic) bond motifs is 7. The number of amides is 1. The van der Waals surface area contributed by atoms with E-state index in [1.54, 1.807) is 0 Å². The maximum atomic E-state index is 13.4. The summed E-state index contributed by atoms with van der Waals surface area (Å²) in [5.41, 5.74) is 7.83. The third-order valence-corrected chi connectivity index (χ3v) is 19.3. The van der Waals surface area contributed by atoms with E-state index in [1.807, 2.05) is 0 Å². The van der Waals surface area contributed by atoms with E-state index in [2.05, 4.69) is 68.8 Å². The first-order chi connectivity index (χ1) is 32.9. The van der Waals surface area contributed by atoms with Crippen molar-refractivity contribution in [2.24, 2.45) is 67.7 Å². The number of aliphatic hydroxyl groups excluding tert-OH is 1. The Morgan fingerprint density at radius 3 is 2.36 bits per heavy atom. The molecule has 4 N–H and O–H groups in total. The van der Waals surface area contributed by atoms with Gasteiger partial charge in [0, 0.05) is 53.2 Å². The number of aromatic amines is 1. The third kappa shape index (κ3) is 9.92. The van der Waals surface area contributed by atoms with E-state index in [0.717, 1.165) is 68.8 Å². The molecule has 1 amide bonds. The Morgan fingerprint density at radius 1 is 0.914 bits per heavy atom. The maximum Gasteiger partial charge on any atom is 0.330 e. The molecule has 388 valence electrons. The first-order valence-corrected chi connectivity index (χ1v) is 25.6. The molecule has 1 saturated heterocycles. The van der Waals surface area contributed by atoms with Gasteiger partial charge in [0.2, 0.25) is 12.2 Å². The highest BCUT2D eigenvalue weighted by atomic mass is 16.7. The van der Waals surface area contributed by atoms with Crippen LogP contribution in [0.1, 0.15) is 163 Å². The van der Waals surface area contributed by atoms with Crippen LogP contribution in [-0.2, 0) is 42.9 Å². The Morgan fingerprint density at radius 2 is 1.66 bits per heavy atom. The summed E-state index contributed by atoms with van der Waals surface area (Å²) in [5.74, 6) is -0.605. The van der Waals surface area contributed by atoms with Crippen LogP contribution in [0.15, 0.2) is 20.9 Å². The number of hydrogen-bond donors (Lipinski definition) is 4. The molecule has 0 radical (unpaired) electrons. The number of hydrogen-bond acceptors (Lipinski definition) is 13. The molecule has 7 rings (SSSR count). The van der Waals surface area contributed by atoms with Crippen molar-refractivity contribution in [2.75, 3.05) is 13.2 Å². The van der Waals surface area contributed by atoms with Gasteiger partial charge < -0.3 is 34.5 Å². The van der Waals surface area contributed by atoms with Gasteiger partial charge in [-0.25, -0.2) is 4.79 Å². The zero-order valence-electron chi connectivity index (χ0n) is 42.3. The molecule has 6 aliphatic rings. The fourth-order valence-corrected chi connectivity index (χ4v) is 15.7. The Bertz CT molecular complexity index is 2340. The monoisotopic (exact) mass is 981 g/mol. The molecule has 1 unspecified atom stereocenters. The van der Waals surface area contributed by atoms with Crippen LogP contribution in [0.2, 0.25) is 0 Å². The van der Waals surface area contributed by atoms with Crippen LogP contribution in [0.25, 0.3) is 10.4 Å². The molecule has 0 spiro atoms. The average molecular weight is 981 g/mol. The second-order valence-corrected chi connectivity index (χ2v) is 23.4. The molecule has 0 aromatic carbocycles. The number of carboxylic acids is 1. The van der Waals surface area contributed by atoms with Crippen molar-refractivity contribution < 1.29 is 53.1 Å². The van der Waals surface area contributed by atoms with Gasteiger partial charge in [-0.05, 0) is 135 Å². The Labute approximate surface area is 409 Å². The van der Waals surface area contributed by atoms with Gasteiger partial charge in [-0.3, -0.25) is 38.3 Å². The van der Waals surface area contributed by atoms with E-state index in [9.17, 15) is 38.7 Å². The largest absolute Gasteiger partial charge is 0.481 e. The van der Waals surface area contributed by atoms with Crippen molar-refractivity contribution in [1.82, 2.24) is 14.9 Å². The molecule has 5 aliphatic carbocycles. The molecule has 19 heteroatoms. The number of H-pyrrole nitrogens is 1. The summed E-state index contributed by atoms with van der Waals surface area (Å²) in [4.78, 5) is 92.1. The molecule has 5 saturated carbocycles. The number of azide groups is 1. The zero-order valence-corrected chi connectivity index (χ0v) is 42.3. The number of ether oxygens (including phenoxy) is 4. The Balaban J connectivity index is 0.926. The van der Waals surface area contributed by atoms with Crippen molar-refractivity contribution >= 4 is 29.8 Å². The SMILES string of the molecule is Cc1cn([C@H]2C[C@H](N=[N+]=[N-])[C@@H](C(O)OC(=O)CNC(=O)CCC(=O)OC[C@]34CC[C@@H](C(C)C)[C@@H]3[C@H]3CC[C@@H]5[C@@]6(C)CC[C@H](OC(=O)CCCC(=O)O)C(C)(C)[C@@H]6CC[C@@]5(C)[C@]3(C)CC4)O2)c(=O)[nH]c1=O. The molecule has 0 bridgehead atoms. The number of rotatable bonds is 17. The van der Waals surface area contributed by atoms with Crippen LogP contribution >= 0.6 is 0 Å². The lowest BCUT2D eigenvalue weighted by atomic mass is 9.32. The highest BCUT2D eigenvalue weighted by Gasteiger charge is 2.71. The lowest BCUT2D eigenvalue weighted by Crippen LogP contribution is -2.67. The number of aryl methyl sites for hydroxylation is 1. The van der Waals surface area contributed by atoms with Crippen molar-refractivity contribution in [3.8, 4) is 0 Å². The highest BCUT2D eigenvalue weighted by Crippen LogP contribution is 2.77. The standard InChI is InChI=1S/C51H76N6O13/c1-28(2)30-16-21-51(27-67-39(61)15-14-36(58)53-25-41(63)70-45(65)43-32(55-56-52)24-37(69-43)57-26-29(3)44(64)54-46(57)66)23-22-49(7)31(42(30)51)12-13-34-48(6)19-18-35(68-40(62)11-9-10-38(59)60)47(4,5)33(48)17-20-50(34,49)8/h26,28,30-35,37,42-43,45,65H,9-25,27H2,1-8H3,(H,53,58)(H,59,60)(H,54,64,66)/t30-,31+,32-,33-,34+,35-,37+,42+,43-,45?,48-,49+,50+,51+/m0/s1. The van der Waals surface area contributed by atoms with Crippen LogP contribution in [0.4, 0.5) is 0 Å². The summed E-state index contributed by atoms with van der Waals surface area (Å²) >= 11 is 0. The minimum atomic E-state index is -1.93. The molecule has 70 heavy (non-hydrogen) atoms. The number of nitrogens with one attached hydrogen (secondary N) is 2. The first kappa shape index (κ1) is 53.1. The minimum absolute atomic E-state index is 0.0463. The molecule has 19 nitrogen and oxygen atoms in total. The Kier molecular flexibility index (Phi) is 15.5. The Hall–Kier alpha value is -4.74. The van der Waals surface area contributed by atoms with Gasteiger partial charge in [-0.15, -0.1) is 0 Å². The summed E-state index contributed by atoms with van der Waals surface area (Å²) in [5, 5.41) is 25.8. The third-order valence-electron chi connectivity index (χ3n) is 19.3. The van der Waals surface area contributed by atoms with Gasteiger partial charge in [-0.2, -0.15) is 0 Å². The second kappa shape index (κ2) is 20.4. The maximum absolute atomic E-state index is 13.4. The predicted octanol–water partition coefficient (Wildman–Crippen LogP) is 7.02. The van der Waals surface area contributed by atoms with Crippen molar-refractivity contribution in [2.45, 2.75) is 189 Å². The normalized spacial score (nSPS) is 36.5. The van der Waals surface area contributed by atoms with Gasteiger partial charge >= 0.3 is 29.6 Å². The van der Waals surface area contributed by atoms with Crippen LogP contribution < -0.4 is 16.6 Å². The van der Waals surface area contributed by atoms with Crippen LogP contribution in [0, 0.1) is 69.5 Å². The molecular formula is C51H76N6O13. The molecule has 14 atom stereocenters. The summed E-state index contributed by atoms with van der Waals surface area (Å²) in [7, 11) is 0. The quantitative estimate of drug-likeness (QED) is 0.0305. The van der Waals surface area contributed by atoms with Gasteiger partial charge in [0.05, 0.1) is 19.1 Å². The van der Waals surface area contributed by atoms with Gasteiger partial charge in [0.1, 0.15) is 25.0 Å². The minimum Gasteiger partial charge on any atom is -0.481 e. The lowest BCUT2D eigenvalue weighted by Gasteiger charge is -2.73. The number of carbonyl (C=O) groups is 5. The van der Waals surface area contributed by atoms with Gasteiger partial charge in [0.25, 0.3) is 5.56 Å².